The van der Waals surface area contributed by atoms with Crippen molar-refractivity contribution in [3.05, 3.63) is 46.7 Å². The predicted octanol–water partition coefficient (Wildman–Crippen LogP) is 3.37. The van der Waals surface area contributed by atoms with Gasteiger partial charge in [0.15, 0.2) is 0 Å². The van der Waals surface area contributed by atoms with Crippen LogP contribution >= 0.6 is 27.9 Å². The number of rotatable bonds is 0. The lowest BCUT2D eigenvalue weighted by molar-refractivity contribution is 0.102. The van der Waals surface area contributed by atoms with Crippen molar-refractivity contribution in [1.29, 1.82) is 0 Å². The molecule has 1 aliphatic heterocycles. The van der Waals surface area contributed by atoms with E-state index in [1.54, 1.807) is 0 Å². The van der Waals surface area contributed by atoms with Crippen LogP contribution in [-0.4, -0.2) is 9.88 Å². The van der Waals surface area contributed by atoms with Crippen molar-refractivity contribution in [3.63, 3.8) is 0 Å². The summed E-state index contributed by atoms with van der Waals surface area (Å²) >= 11 is 4.93. The number of fused-ring (bicyclic) bond motifs is 2. The smallest absolute Gasteiger partial charge is 0.273 e. The van der Waals surface area contributed by atoms with Crippen LogP contribution in [0.5, 0.6) is 0 Å². The van der Waals surface area contributed by atoms with E-state index in [0.717, 1.165) is 15.1 Å². The molecule has 1 aliphatic rings. The van der Waals surface area contributed by atoms with E-state index in [1.807, 2.05) is 40.5 Å². The number of aromatic nitrogens is 1. The summed E-state index contributed by atoms with van der Waals surface area (Å²) in [6.45, 7) is 0. The third kappa shape index (κ3) is 1.56. The molecule has 2 aromatic rings. The summed E-state index contributed by atoms with van der Waals surface area (Å²) in [7, 11) is 0. The second-order valence-corrected chi connectivity index (χ2v) is 5.34. The summed E-state index contributed by atoms with van der Waals surface area (Å²) in [5.74, 6) is -0.0747. The van der Waals surface area contributed by atoms with E-state index in [1.165, 1.54) is 11.9 Å². The van der Waals surface area contributed by atoms with E-state index >= 15 is 0 Å². The van der Waals surface area contributed by atoms with Crippen molar-refractivity contribution in [2.45, 2.75) is 4.90 Å². The van der Waals surface area contributed by atoms with E-state index < -0.39 is 0 Å². The molecule has 1 N–H and O–H groups in total. The van der Waals surface area contributed by atoms with Crippen molar-refractivity contribution in [3.8, 4) is 0 Å². The van der Waals surface area contributed by atoms with Crippen LogP contribution in [0.15, 0.2) is 45.9 Å². The Hall–Kier alpha value is -1.20. The Morgan fingerprint density at radius 1 is 1.31 bits per heavy atom. The second-order valence-electron chi connectivity index (χ2n) is 3.41. The molecule has 0 saturated heterocycles. The van der Waals surface area contributed by atoms with Gasteiger partial charge in [0.25, 0.3) is 5.91 Å². The standard InChI is InChI=1S/C11H7BrN2OS/c12-7-3-4-10-8(6-7)13-11(15)9-2-1-5-14(9)16-10/h1-6H,(H,13,15). The zero-order valence-electron chi connectivity index (χ0n) is 8.11. The molecular weight excluding hydrogens is 288 g/mol. The minimum Gasteiger partial charge on any atom is -0.320 e. The van der Waals surface area contributed by atoms with E-state index in [4.69, 9.17) is 0 Å². The van der Waals surface area contributed by atoms with Gasteiger partial charge in [-0.3, -0.25) is 8.77 Å². The summed E-state index contributed by atoms with van der Waals surface area (Å²) in [6, 6.07) is 9.54. The summed E-state index contributed by atoms with van der Waals surface area (Å²) in [4.78, 5) is 12.9. The Balaban J connectivity index is 2.16. The van der Waals surface area contributed by atoms with Crippen LogP contribution in [0.25, 0.3) is 0 Å². The first kappa shape index (κ1) is 9.99. The molecule has 0 radical (unpaired) electrons. The Morgan fingerprint density at radius 3 is 3.06 bits per heavy atom. The molecular formula is C11H7BrN2OS. The fraction of sp³-hybridized carbons (Fsp3) is 0. The number of nitrogens with zero attached hydrogens (tertiary/aromatic N) is 1. The van der Waals surface area contributed by atoms with Crippen molar-refractivity contribution in [2.24, 2.45) is 0 Å². The highest BCUT2D eigenvalue weighted by Crippen LogP contribution is 2.34. The van der Waals surface area contributed by atoms with Gasteiger partial charge in [0, 0.05) is 10.7 Å². The number of hydrogen-bond acceptors (Lipinski definition) is 2. The third-order valence-electron chi connectivity index (χ3n) is 2.33. The number of anilines is 1. The average molecular weight is 295 g/mol. The summed E-state index contributed by atoms with van der Waals surface area (Å²) < 4.78 is 2.83. The lowest BCUT2D eigenvalue weighted by Gasteiger charge is -2.05. The molecule has 16 heavy (non-hydrogen) atoms. The lowest BCUT2D eigenvalue weighted by Crippen LogP contribution is -2.12. The van der Waals surface area contributed by atoms with Crippen LogP contribution in [0.4, 0.5) is 5.69 Å². The van der Waals surface area contributed by atoms with E-state index in [2.05, 4.69) is 21.2 Å². The SMILES string of the molecule is O=C1Nc2cc(Br)ccc2Sn2cccc21. The largest absolute Gasteiger partial charge is 0.320 e. The molecule has 80 valence electrons. The van der Waals surface area contributed by atoms with Gasteiger partial charge in [-0.05, 0) is 42.3 Å². The maximum absolute atomic E-state index is 11.9. The zero-order valence-corrected chi connectivity index (χ0v) is 10.5. The quantitative estimate of drug-likeness (QED) is 0.808. The molecule has 0 fully saturated rings. The minimum atomic E-state index is -0.0747. The van der Waals surface area contributed by atoms with Gasteiger partial charge in [0.1, 0.15) is 5.69 Å². The molecule has 0 aliphatic carbocycles. The Kier molecular flexibility index (Phi) is 2.29. The number of amides is 1. The maximum atomic E-state index is 11.9. The highest BCUT2D eigenvalue weighted by molar-refractivity contribution is 9.10. The van der Waals surface area contributed by atoms with Crippen molar-refractivity contribution < 1.29 is 4.79 Å². The number of hydrogen-bond donors (Lipinski definition) is 1. The van der Waals surface area contributed by atoms with E-state index in [9.17, 15) is 4.79 Å². The fourth-order valence-electron chi connectivity index (χ4n) is 1.59. The van der Waals surface area contributed by atoms with Crippen LogP contribution in [-0.2, 0) is 0 Å². The molecule has 1 aromatic carbocycles. The molecule has 0 saturated carbocycles. The molecule has 1 amide bonds. The zero-order chi connectivity index (χ0) is 11.1. The average Bonchev–Trinajstić information content (AvgIpc) is 2.65. The van der Waals surface area contributed by atoms with Gasteiger partial charge in [0.05, 0.1) is 10.6 Å². The monoisotopic (exact) mass is 294 g/mol. The van der Waals surface area contributed by atoms with Crippen molar-refractivity contribution in [2.75, 3.05) is 5.32 Å². The van der Waals surface area contributed by atoms with Gasteiger partial charge < -0.3 is 5.32 Å². The number of benzene rings is 1. The van der Waals surface area contributed by atoms with Gasteiger partial charge >= 0.3 is 0 Å². The summed E-state index contributed by atoms with van der Waals surface area (Å²) in [5, 5.41) is 2.89. The van der Waals surface area contributed by atoms with Crippen LogP contribution in [0.3, 0.4) is 0 Å². The van der Waals surface area contributed by atoms with Crippen LogP contribution in [0.2, 0.25) is 0 Å². The van der Waals surface area contributed by atoms with Crippen LogP contribution in [0, 0.1) is 0 Å². The molecule has 0 unspecified atom stereocenters. The first-order valence-corrected chi connectivity index (χ1v) is 6.27. The first-order valence-electron chi connectivity index (χ1n) is 4.70. The van der Waals surface area contributed by atoms with Gasteiger partial charge in [-0.15, -0.1) is 0 Å². The topological polar surface area (TPSA) is 34.0 Å². The predicted molar refractivity (Wildman–Crippen MR) is 67.8 cm³/mol. The van der Waals surface area contributed by atoms with E-state index in [0.29, 0.717) is 5.69 Å². The Bertz CT molecular complexity index is 579. The van der Waals surface area contributed by atoms with Gasteiger partial charge in [-0.1, -0.05) is 15.9 Å². The second kappa shape index (κ2) is 3.68. The summed E-state index contributed by atoms with van der Waals surface area (Å²) in [5.41, 5.74) is 1.50. The highest BCUT2D eigenvalue weighted by Gasteiger charge is 2.19. The highest BCUT2D eigenvalue weighted by atomic mass is 79.9. The van der Waals surface area contributed by atoms with E-state index in [-0.39, 0.29) is 5.91 Å². The molecule has 0 atom stereocenters. The first-order chi connectivity index (χ1) is 7.74. The molecule has 3 rings (SSSR count). The Labute approximate surface area is 105 Å². The molecule has 2 heterocycles. The van der Waals surface area contributed by atoms with Crippen molar-refractivity contribution >= 4 is 39.5 Å². The molecule has 5 heteroatoms. The number of halogens is 1. The van der Waals surface area contributed by atoms with Gasteiger partial charge in [0.2, 0.25) is 0 Å². The van der Waals surface area contributed by atoms with Crippen molar-refractivity contribution in [1.82, 2.24) is 3.97 Å². The number of nitrogens with one attached hydrogen (secondary N) is 1. The number of carbonyl (C=O) groups excluding carboxylic acids is 1. The summed E-state index contributed by atoms with van der Waals surface area (Å²) in [6.07, 6.45) is 1.89. The number of carbonyl (C=O) groups is 1. The minimum absolute atomic E-state index is 0.0747. The van der Waals surface area contributed by atoms with Crippen LogP contribution in [0.1, 0.15) is 10.5 Å². The Morgan fingerprint density at radius 2 is 2.19 bits per heavy atom. The molecule has 0 spiro atoms. The molecule has 1 aromatic heterocycles. The maximum Gasteiger partial charge on any atom is 0.273 e. The third-order valence-corrected chi connectivity index (χ3v) is 3.89. The fourth-order valence-corrected chi connectivity index (χ4v) is 2.88. The lowest BCUT2D eigenvalue weighted by atomic mass is 10.3. The molecule has 3 nitrogen and oxygen atoms in total. The normalized spacial score (nSPS) is 13.7. The molecule has 0 bridgehead atoms. The van der Waals surface area contributed by atoms with Gasteiger partial charge in [-0.25, -0.2) is 0 Å². The van der Waals surface area contributed by atoms with Crippen LogP contribution < -0.4 is 5.32 Å². The van der Waals surface area contributed by atoms with Gasteiger partial charge in [-0.2, -0.15) is 0 Å².